The average molecular weight is 245 g/mol. The van der Waals surface area contributed by atoms with Gasteiger partial charge in [0.05, 0.1) is 0 Å². The van der Waals surface area contributed by atoms with Crippen molar-refractivity contribution in [3.8, 4) is 11.5 Å². The second-order valence-corrected chi connectivity index (χ2v) is 4.33. The minimum Gasteiger partial charge on any atom is -0.457 e. The van der Waals surface area contributed by atoms with Crippen molar-refractivity contribution in [2.75, 3.05) is 0 Å². The highest BCUT2D eigenvalue weighted by Gasteiger charge is 2.07. The molecule has 2 aromatic rings. The van der Waals surface area contributed by atoms with Crippen molar-refractivity contribution >= 4 is 0 Å². The third-order valence-corrected chi connectivity index (χ3v) is 2.81. The van der Waals surface area contributed by atoms with Crippen molar-refractivity contribution in [3.63, 3.8) is 0 Å². The molecule has 0 aliphatic carbocycles. The number of hydrogen-bond acceptors (Lipinski definition) is 2. The molecule has 0 fully saturated rings. The van der Waals surface area contributed by atoms with Crippen LogP contribution in [0.1, 0.15) is 16.7 Å². The lowest BCUT2D eigenvalue weighted by atomic mass is 10.1. The Labute approximate surface area is 106 Å². The molecular formula is C15H16FNO. The smallest absolute Gasteiger partial charge is 0.133 e. The van der Waals surface area contributed by atoms with Gasteiger partial charge in [0.2, 0.25) is 0 Å². The van der Waals surface area contributed by atoms with Crippen molar-refractivity contribution in [2.45, 2.75) is 20.4 Å². The van der Waals surface area contributed by atoms with E-state index < -0.39 is 0 Å². The molecule has 0 heterocycles. The maximum Gasteiger partial charge on any atom is 0.133 e. The highest BCUT2D eigenvalue weighted by molar-refractivity contribution is 5.42. The Hall–Kier alpha value is -1.87. The average Bonchev–Trinajstić information content (AvgIpc) is 2.34. The molecule has 94 valence electrons. The number of hydrogen-bond donors (Lipinski definition) is 1. The molecule has 0 aliphatic rings. The molecule has 0 atom stereocenters. The second-order valence-electron chi connectivity index (χ2n) is 4.33. The van der Waals surface area contributed by atoms with Crippen molar-refractivity contribution in [3.05, 3.63) is 58.9 Å². The Morgan fingerprint density at radius 2 is 1.83 bits per heavy atom. The lowest BCUT2D eigenvalue weighted by Crippen LogP contribution is -2.00. The SMILES string of the molecule is Cc1ccc(CN)c(Oc2cc(F)ccc2C)c1. The summed E-state index contributed by atoms with van der Waals surface area (Å²) in [5, 5.41) is 0. The van der Waals surface area contributed by atoms with Crippen LogP contribution in [0.2, 0.25) is 0 Å². The summed E-state index contributed by atoms with van der Waals surface area (Å²) in [6, 6.07) is 10.3. The largest absolute Gasteiger partial charge is 0.457 e. The third kappa shape index (κ3) is 2.68. The number of nitrogens with two attached hydrogens (primary N) is 1. The predicted octanol–water partition coefficient (Wildman–Crippen LogP) is 3.69. The summed E-state index contributed by atoms with van der Waals surface area (Å²) in [7, 11) is 0. The highest BCUT2D eigenvalue weighted by Crippen LogP contribution is 2.29. The van der Waals surface area contributed by atoms with E-state index in [1.165, 1.54) is 12.1 Å². The van der Waals surface area contributed by atoms with Gasteiger partial charge in [0.1, 0.15) is 17.3 Å². The Morgan fingerprint density at radius 1 is 1.06 bits per heavy atom. The van der Waals surface area contributed by atoms with Crippen LogP contribution in [0.4, 0.5) is 4.39 Å². The van der Waals surface area contributed by atoms with E-state index >= 15 is 0 Å². The van der Waals surface area contributed by atoms with Gasteiger partial charge in [-0.2, -0.15) is 0 Å². The summed E-state index contributed by atoms with van der Waals surface area (Å²) in [6.07, 6.45) is 0. The zero-order valence-corrected chi connectivity index (χ0v) is 10.5. The molecule has 0 bridgehead atoms. The van der Waals surface area contributed by atoms with Crippen LogP contribution in [0.15, 0.2) is 36.4 Å². The van der Waals surface area contributed by atoms with E-state index in [-0.39, 0.29) is 5.82 Å². The molecule has 18 heavy (non-hydrogen) atoms. The molecule has 2 aromatic carbocycles. The predicted molar refractivity (Wildman–Crippen MR) is 70.3 cm³/mol. The number of ether oxygens (including phenoxy) is 1. The maximum absolute atomic E-state index is 13.2. The minimum atomic E-state index is -0.308. The highest BCUT2D eigenvalue weighted by atomic mass is 19.1. The van der Waals surface area contributed by atoms with Gasteiger partial charge in [-0.15, -0.1) is 0 Å². The summed E-state index contributed by atoms with van der Waals surface area (Å²) < 4.78 is 19.0. The molecule has 0 saturated heterocycles. The van der Waals surface area contributed by atoms with Gasteiger partial charge in [0.25, 0.3) is 0 Å². The van der Waals surface area contributed by atoms with Gasteiger partial charge in [0, 0.05) is 18.2 Å². The quantitative estimate of drug-likeness (QED) is 0.895. The van der Waals surface area contributed by atoms with Gasteiger partial charge in [-0.25, -0.2) is 4.39 Å². The van der Waals surface area contributed by atoms with E-state index in [1.54, 1.807) is 6.07 Å². The molecule has 0 radical (unpaired) electrons. The lowest BCUT2D eigenvalue weighted by molar-refractivity contribution is 0.467. The number of aryl methyl sites for hydroxylation is 2. The summed E-state index contributed by atoms with van der Waals surface area (Å²) in [4.78, 5) is 0. The molecule has 3 heteroatoms. The zero-order chi connectivity index (χ0) is 13.1. The molecule has 0 amide bonds. The fraction of sp³-hybridized carbons (Fsp3) is 0.200. The molecule has 0 saturated carbocycles. The van der Waals surface area contributed by atoms with Gasteiger partial charge in [-0.3, -0.25) is 0 Å². The van der Waals surface area contributed by atoms with Crippen molar-refractivity contribution in [2.24, 2.45) is 5.73 Å². The van der Waals surface area contributed by atoms with Crippen molar-refractivity contribution < 1.29 is 9.13 Å². The summed E-state index contributed by atoms with van der Waals surface area (Å²) in [6.45, 7) is 4.25. The number of benzene rings is 2. The molecule has 0 aliphatic heterocycles. The monoisotopic (exact) mass is 245 g/mol. The van der Waals surface area contributed by atoms with Crippen LogP contribution in [0.3, 0.4) is 0 Å². The normalized spacial score (nSPS) is 10.4. The third-order valence-electron chi connectivity index (χ3n) is 2.81. The number of halogens is 1. The second kappa shape index (κ2) is 5.19. The number of rotatable bonds is 3. The van der Waals surface area contributed by atoms with Crippen LogP contribution in [0.25, 0.3) is 0 Å². The van der Waals surface area contributed by atoms with Gasteiger partial charge in [0.15, 0.2) is 0 Å². The maximum atomic E-state index is 13.2. The Balaban J connectivity index is 2.38. The fourth-order valence-electron chi connectivity index (χ4n) is 1.73. The van der Waals surface area contributed by atoms with Crippen LogP contribution in [-0.4, -0.2) is 0 Å². The van der Waals surface area contributed by atoms with Crippen LogP contribution in [0, 0.1) is 19.7 Å². The summed E-state index contributed by atoms with van der Waals surface area (Å²) in [5.41, 5.74) is 8.54. The van der Waals surface area contributed by atoms with Crippen LogP contribution in [-0.2, 0) is 6.54 Å². The standard InChI is InChI=1S/C15H16FNO/c1-10-3-5-12(9-17)15(7-10)18-14-8-13(16)6-4-11(14)2/h3-8H,9,17H2,1-2H3. The topological polar surface area (TPSA) is 35.2 Å². The fourth-order valence-corrected chi connectivity index (χ4v) is 1.73. The molecule has 2 nitrogen and oxygen atoms in total. The molecule has 2 N–H and O–H groups in total. The van der Waals surface area contributed by atoms with Gasteiger partial charge in [-0.1, -0.05) is 18.2 Å². The Bertz CT molecular complexity index is 566. The Kier molecular flexibility index (Phi) is 3.63. The van der Waals surface area contributed by atoms with Crippen molar-refractivity contribution in [1.29, 1.82) is 0 Å². The first-order valence-corrected chi connectivity index (χ1v) is 5.84. The molecule has 2 rings (SSSR count). The first-order chi connectivity index (χ1) is 8.60. The minimum absolute atomic E-state index is 0.308. The zero-order valence-electron chi connectivity index (χ0n) is 10.5. The van der Waals surface area contributed by atoms with Gasteiger partial charge in [-0.05, 0) is 37.1 Å². The van der Waals surface area contributed by atoms with E-state index in [9.17, 15) is 4.39 Å². The van der Waals surface area contributed by atoms with E-state index in [0.29, 0.717) is 18.0 Å². The molecule has 0 unspecified atom stereocenters. The van der Waals surface area contributed by atoms with Gasteiger partial charge < -0.3 is 10.5 Å². The van der Waals surface area contributed by atoms with E-state index in [2.05, 4.69) is 0 Å². The molecule has 0 spiro atoms. The first kappa shape index (κ1) is 12.6. The van der Waals surface area contributed by atoms with Gasteiger partial charge >= 0.3 is 0 Å². The van der Waals surface area contributed by atoms with Crippen molar-refractivity contribution in [1.82, 2.24) is 0 Å². The van der Waals surface area contributed by atoms with E-state index in [4.69, 9.17) is 10.5 Å². The Morgan fingerprint density at radius 3 is 2.56 bits per heavy atom. The lowest BCUT2D eigenvalue weighted by Gasteiger charge is -2.12. The van der Waals surface area contributed by atoms with Crippen LogP contribution in [0.5, 0.6) is 11.5 Å². The van der Waals surface area contributed by atoms with E-state index in [0.717, 1.165) is 16.7 Å². The summed E-state index contributed by atoms with van der Waals surface area (Å²) in [5.74, 6) is 0.902. The van der Waals surface area contributed by atoms with Crippen LogP contribution < -0.4 is 10.5 Å². The summed E-state index contributed by atoms with van der Waals surface area (Å²) >= 11 is 0. The molecular weight excluding hydrogens is 229 g/mol. The van der Waals surface area contributed by atoms with E-state index in [1.807, 2.05) is 32.0 Å². The first-order valence-electron chi connectivity index (χ1n) is 5.84. The molecule has 0 aromatic heterocycles. The van der Waals surface area contributed by atoms with Crippen LogP contribution >= 0.6 is 0 Å².